The predicted octanol–water partition coefficient (Wildman–Crippen LogP) is 1.80. The van der Waals surface area contributed by atoms with E-state index in [9.17, 15) is 14.0 Å². The van der Waals surface area contributed by atoms with Gasteiger partial charge in [-0.05, 0) is 38.5 Å². The van der Waals surface area contributed by atoms with Gasteiger partial charge in [0.25, 0.3) is 5.91 Å². The number of halogens is 1. The molecule has 2 fully saturated rings. The molecule has 1 saturated carbocycles. The maximum Gasteiger partial charge on any atom is 0.327 e. The number of nitrogens with zero attached hydrogens (tertiary/aromatic N) is 2. The number of urea groups is 1. The number of likely N-dealkylation sites (N-methyl/N-ethyl adjacent to an activating group) is 1. The molecule has 3 amide bonds. The van der Waals surface area contributed by atoms with Gasteiger partial charge in [-0.1, -0.05) is 0 Å². The molecule has 0 aromatic heterocycles. The summed E-state index contributed by atoms with van der Waals surface area (Å²) in [6.07, 6.45) is 1.94. The maximum atomic E-state index is 13.1. The molecule has 4 nitrogen and oxygen atoms in total. The van der Waals surface area contributed by atoms with Crippen molar-refractivity contribution in [3.05, 3.63) is 0 Å². The highest BCUT2D eigenvalue weighted by molar-refractivity contribution is 6.02. The van der Waals surface area contributed by atoms with Gasteiger partial charge in [-0.2, -0.15) is 0 Å². The van der Waals surface area contributed by atoms with E-state index < -0.39 is 6.17 Å². The third-order valence-corrected chi connectivity index (χ3v) is 3.96. The van der Waals surface area contributed by atoms with Gasteiger partial charge in [0.2, 0.25) is 0 Å². The quantitative estimate of drug-likeness (QED) is 0.693. The first-order valence-electron chi connectivity index (χ1n) is 6.22. The summed E-state index contributed by atoms with van der Waals surface area (Å²) in [5, 5.41) is 0. The van der Waals surface area contributed by atoms with E-state index in [-0.39, 0.29) is 30.4 Å². The summed E-state index contributed by atoms with van der Waals surface area (Å²) in [5.74, 6) is 0.119. The third-order valence-electron chi connectivity index (χ3n) is 3.96. The highest BCUT2D eigenvalue weighted by Gasteiger charge is 2.40. The molecule has 1 heterocycles. The molecule has 1 aliphatic carbocycles. The number of carbonyl (C=O) groups is 2. The van der Waals surface area contributed by atoms with Gasteiger partial charge in [0.1, 0.15) is 12.7 Å². The van der Waals surface area contributed by atoms with Crippen molar-refractivity contribution in [1.82, 2.24) is 9.80 Å². The average molecular weight is 242 g/mol. The standard InChI is InChI=1S/C12H19FN2O2/c1-8(9-3-5-10(13)6-4-9)15-11(16)7-14(2)12(15)17/h8-10H,3-7H2,1-2H3. The monoisotopic (exact) mass is 242 g/mol. The summed E-state index contributed by atoms with van der Waals surface area (Å²) >= 11 is 0. The van der Waals surface area contributed by atoms with Crippen LogP contribution in [0.2, 0.25) is 0 Å². The lowest BCUT2D eigenvalue weighted by Crippen LogP contribution is -2.44. The van der Waals surface area contributed by atoms with Gasteiger partial charge in [-0.15, -0.1) is 0 Å². The zero-order chi connectivity index (χ0) is 12.6. The molecule has 2 aliphatic rings. The number of hydrogen-bond donors (Lipinski definition) is 0. The Labute approximate surface area is 101 Å². The summed E-state index contributed by atoms with van der Waals surface area (Å²) < 4.78 is 13.1. The second kappa shape index (κ2) is 4.63. The largest absolute Gasteiger partial charge is 0.327 e. The second-order valence-corrected chi connectivity index (χ2v) is 5.16. The van der Waals surface area contributed by atoms with Crippen LogP contribution in [-0.2, 0) is 4.79 Å². The van der Waals surface area contributed by atoms with Crippen LogP contribution in [0.15, 0.2) is 0 Å². The third kappa shape index (κ3) is 2.28. The minimum Gasteiger partial charge on any atom is -0.318 e. The molecule has 1 unspecified atom stereocenters. The number of alkyl halides is 1. The van der Waals surface area contributed by atoms with Crippen molar-refractivity contribution in [2.45, 2.75) is 44.8 Å². The predicted molar refractivity (Wildman–Crippen MR) is 61.2 cm³/mol. The van der Waals surface area contributed by atoms with Crippen LogP contribution < -0.4 is 0 Å². The maximum absolute atomic E-state index is 13.1. The first-order valence-corrected chi connectivity index (χ1v) is 6.22. The van der Waals surface area contributed by atoms with E-state index in [1.165, 1.54) is 9.80 Å². The van der Waals surface area contributed by atoms with Gasteiger partial charge < -0.3 is 4.90 Å². The topological polar surface area (TPSA) is 40.6 Å². The van der Waals surface area contributed by atoms with E-state index >= 15 is 0 Å². The summed E-state index contributed by atoms with van der Waals surface area (Å²) in [5.41, 5.74) is 0. The summed E-state index contributed by atoms with van der Waals surface area (Å²) in [4.78, 5) is 26.3. The zero-order valence-electron chi connectivity index (χ0n) is 10.4. The van der Waals surface area contributed by atoms with E-state index in [1.807, 2.05) is 6.92 Å². The highest BCUT2D eigenvalue weighted by Crippen LogP contribution is 2.31. The molecule has 0 aromatic carbocycles. The Kier molecular flexibility index (Phi) is 3.35. The van der Waals surface area contributed by atoms with Gasteiger partial charge in [-0.25, -0.2) is 9.18 Å². The Morgan fingerprint density at radius 2 is 1.82 bits per heavy atom. The molecule has 5 heteroatoms. The van der Waals surface area contributed by atoms with Crippen LogP contribution in [0.4, 0.5) is 9.18 Å². The molecule has 96 valence electrons. The first-order chi connectivity index (χ1) is 8.00. The van der Waals surface area contributed by atoms with Crippen LogP contribution in [0.1, 0.15) is 32.6 Å². The summed E-state index contributed by atoms with van der Waals surface area (Å²) in [6, 6.07) is -0.322. The molecule has 2 rings (SSSR count). The molecular weight excluding hydrogens is 223 g/mol. The van der Waals surface area contributed by atoms with Crippen LogP contribution in [0.3, 0.4) is 0 Å². The van der Waals surface area contributed by atoms with Gasteiger partial charge in [0, 0.05) is 13.1 Å². The van der Waals surface area contributed by atoms with Crippen LogP contribution in [0.25, 0.3) is 0 Å². The Balaban J connectivity index is 2.02. The molecular formula is C12H19FN2O2. The zero-order valence-corrected chi connectivity index (χ0v) is 10.4. The Bertz CT molecular complexity index is 326. The number of rotatable bonds is 2. The van der Waals surface area contributed by atoms with E-state index in [0.717, 1.165) is 12.8 Å². The number of imide groups is 1. The minimum absolute atomic E-state index is 0.104. The lowest BCUT2D eigenvalue weighted by atomic mass is 9.83. The van der Waals surface area contributed by atoms with Crippen molar-refractivity contribution in [2.75, 3.05) is 13.6 Å². The van der Waals surface area contributed by atoms with Gasteiger partial charge in [0.15, 0.2) is 0 Å². The van der Waals surface area contributed by atoms with Crippen molar-refractivity contribution in [3.8, 4) is 0 Å². The van der Waals surface area contributed by atoms with Crippen molar-refractivity contribution >= 4 is 11.9 Å². The lowest BCUT2D eigenvalue weighted by Gasteiger charge is -2.33. The minimum atomic E-state index is -0.703. The Hall–Kier alpha value is -1.13. The van der Waals surface area contributed by atoms with E-state index in [4.69, 9.17) is 0 Å². The van der Waals surface area contributed by atoms with Crippen LogP contribution in [0.5, 0.6) is 0 Å². The number of hydrogen-bond acceptors (Lipinski definition) is 2. The molecule has 0 aromatic rings. The Morgan fingerprint density at radius 1 is 1.24 bits per heavy atom. The average Bonchev–Trinajstić information content (AvgIpc) is 2.53. The second-order valence-electron chi connectivity index (χ2n) is 5.16. The molecule has 0 bridgehead atoms. The van der Waals surface area contributed by atoms with Crippen molar-refractivity contribution in [1.29, 1.82) is 0 Å². The fourth-order valence-corrected chi connectivity index (χ4v) is 2.81. The van der Waals surface area contributed by atoms with E-state index in [0.29, 0.717) is 12.8 Å². The number of amides is 3. The summed E-state index contributed by atoms with van der Waals surface area (Å²) in [6.45, 7) is 2.07. The normalized spacial score (nSPS) is 32.2. The fourth-order valence-electron chi connectivity index (χ4n) is 2.81. The van der Waals surface area contributed by atoms with E-state index in [2.05, 4.69) is 0 Å². The molecule has 1 saturated heterocycles. The smallest absolute Gasteiger partial charge is 0.318 e. The lowest BCUT2D eigenvalue weighted by molar-refractivity contribution is -0.127. The van der Waals surface area contributed by atoms with Crippen molar-refractivity contribution in [3.63, 3.8) is 0 Å². The SMILES string of the molecule is CC(C1CCC(F)CC1)N1C(=O)CN(C)C1=O. The van der Waals surface area contributed by atoms with Crippen LogP contribution in [0, 0.1) is 5.92 Å². The van der Waals surface area contributed by atoms with Gasteiger partial charge in [0.05, 0.1) is 0 Å². The molecule has 0 N–H and O–H groups in total. The molecule has 1 atom stereocenters. The molecule has 0 spiro atoms. The molecule has 0 radical (unpaired) electrons. The molecule has 17 heavy (non-hydrogen) atoms. The number of carbonyl (C=O) groups excluding carboxylic acids is 2. The fraction of sp³-hybridized carbons (Fsp3) is 0.833. The van der Waals surface area contributed by atoms with Crippen molar-refractivity contribution < 1.29 is 14.0 Å². The van der Waals surface area contributed by atoms with Crippen LogP contribution in [-0.4, -0.2) is 47.5 Å². The Morgan fingerprint density at radius 3 is 2.29 bits per heavy atom. The highest BCUT2D eigenvalue weighted by atomic mass is 19.1. The van der Waals surface area contributed by atoms with E-state index in [1.54, 1.807) is 7.05 Å². The van der Waals surface area contributed by atoms with Gasteiger partial charge >= 0.3 is 6.03 Å². The van der Waals surface area contributed by atoms with Gasteiger partial charge in [-0.3, -0.25) is 9.69 Å². The molecule has 1 aliphatic heterocycles. The first kappa shape index (κ1) is 12.3. The van der Waals surface area contributed by atoms with Crippen LogP contribution >= 0.6 is 0 Å². The van der Waals surface area contributed by atoms with Crippen molar-refractivity contribution in [2.24, 2.45) is 5.92 Å². The summed E-state index contributed by atoms with van der Waals surface area (Å²) in [7, 11) is 1.63.